The average Bonchev–Trinajstić information content (AvgIpc) is 2.81. The van der Waals surface area contributed by atoms with Crippen molar-refractivity contribution in [2.45, 2.75) is 19.8 Å². The number of morpholine rings is 1. The average molecular weight is 270 g/mol. The van der Waals surface area contributed by atoms with Crippen LogP contribution in [0.3, 0.4) is 0 Å². The van der Waals surface area contributed by atoms with Crippen molar-refractivity contribution in [3.8, 4) is 0 Å². The molecule has 6 heteroatoms. The van der Waals surface area contributed by atoms with Crippen LogP contribution in [0.25, 0.3) is 0 Å². The standard InChI is InChI=1S/C12H18N2O3S/c1-2-9-11(12(15)16)18-10(13-9)3-4-14-5-7-17-8-6-14/h2-8H2,1H3,(H,15,16). The monoisotopic (exact) mass is 270 g/mol. The maximum absolute atomic E-state index is 11.0. The fourth-order valence-electron chi connectivity index (χ4n) is 1.99. The van der Waals surface area contributed by atoms with Crippen molar-refractivity contribution in [2.24, 2.45) is 0 Å². The van der Waals surface area contributed by atoms with Crippen molar-refractivity contribution in [1.29, 1.82) is 0 Å². The second-order valence-electron chi connectivity index (χ2n) is 4.25. The second-order valence-corrected chi connectivity index (χ2v) is 5.33. The number of aromatic nitrogens is 1. The van der Waals surface area contributed by atoms with Crippen molar-refractivity contribution in [3.05, 3.63) is 15.6 Å². The van der Waals surface area contributed by atoms with E-state index in [-0.39, 0.29) is 0 Å². The van der Waals surface area contributed by atoms with Gasteiger partial charge in [0.15, 0.2) is 0 Å². The molecule has 0 amide bonds. The number of carboxylic acid groups (broad SMARTS) is 1. The summed E-state index contributed by atoms with van der Waals surface area (Å²) in [6, 6.07) is 0. The summed E-state index contributed by atoms with van der Waals surface area (Å²) in [5.41, 5.74) is 0.712. The Labute approximate surface area is 110 Å². The molecule has 1 aliphatic heterocycles. The number of ether oxygens (including phenoxy) is 1. The Morgan fingerprint density at radius 1 is 1.50 bits per heavy atom. The van der Waals surface area contributed by atoms with Crippen molar-refractivity contribution < 1.29 is 14.6 Å². The summed E-state index contributed by atoms with van der Waals surface area (Å²) in [6.45, 7) is 6.36. The van der Waals surface area contributed by atoms with Crippen LogP contribution in [-0.2, 0) is 17.6 Å². The number of aryl methyl sites for hydroxylation is 1. The number of rotatable bonds is 5. The number of thiazole rings is 1. The highest BCUT2D eigenvalue weighted by Crippen LogP contribution is 2.20. The topological polar surface area (TPSA) is 62.7 Å². The van der Waals surface area contributed by atoms with Crippen LogP contribution in [0.15, 0.2) is 0 Å². The number of aromatic carboxylic acids is 1. The van der Waals surface area contributed by atoms with Crippen LogP contribution in [0.4, 0.5) is 0 Å². The molecule has 1 N–H and O–H groups in total. The third-order valence-electron chi connectivity index (χ3n) is 3.02. The Hall–Kier alpha value is -0.980. The molecule has 1 aliphatic rings. The van der Waals surface area contributed by atoms with Crippen LogP contribution >= 0.6 is 11.3 Å². The molecule has 0 bridgehead atoms. The van der Waals surface area contributed by atoms with Gasteiger partial charge in [-0.2, -0.15) is 0 Å². The molecule has 0 saturated carbocycles. The lowest BCUT2D eigenvalue weighted by Gasteiger charge is -2.25. The fourth-order valence-corrected chi connectivity index (χ4v) is 2.97. The molecule has 0 radical (unpaired) electrons. The Morgan fingerprint density at radius 3 is 2.78 bits per heavy atom. The predicted octanol–water partition coefficient (Wildman–Crippen LogP) is 1.28. The lowest BCUT2D eigenvalue weighted by atomic mass is 10.3. The van der Waals surface area contributed by atoms with E-state index < -0.39 is 5.97 Å². The van der Waals surface area contributed by atoms with Gasteiger partial charge in [0.1, 0.15) is 4.88 Å². The molecule has 100 valence electrons. The molecule has 2 rings (SSSR count). The maximum atomic E-state index is 11.0. The first-order valence-corrected chi connectivity index (χ1v) is 7.04. The van der Waals surface area contributed by atoms with E-state index in [1.54, 1.807) is 0 Å². The molecule has 1 fully saturated rings. The van der Waals surface area contributed by atoms with E-state index >= 15 is 0 Å². The van der Waals surface area contributed by atoms with Crippen LogP contribution in [0.2, 0.25) is 0 Å². The molecule has 0 spiro atoms. The minimum atomic E-state index is -0.859. The van der Waals surface area contributed by atoms with E-state index in [9.17, 15) is 4.79 Å². The van der Waals surface area contributed by atoms with Crippen LogP contribution < -0.4 is 0 Å². The number of carboxylic acids is 1. The lowest BCUT2D eigenvalue weighted by molar-refractivity contribution is 0.0384. The highest BCUT2D eigenvalue weighted by molar-refractivity contribution is 7.13. The van der Waals surface area contributed by atoms with Crippen molar-refractivity contribution >= 4 is 17.3 Å². The van der Waals surface area contributed by atoms with E-state index in [0.29, 0.717) is 17.0 Å². The van der Waals surface area contributed by atoms with Gasteiger partial charge in [-0.3, -0.25) is 4.90 Å². The Morgan fingerprint density at radius 2 is 2.22 bits per heavy atom. The molecule has 2 heterocycles. The SMILES string of the molecule is CCc1nc(CCN2CCOCC2)sc1C(=O)O. The predicted molar refractivity (Wildman–Crippen MR) is 69.4 cm³/mol. The summed E-state index contributed by atoms with van der Waals surface area (Å²) >= 11 is 1.31. The third-order valence-corrected chi connectivity index (χ3v) is 4.16. The summed E-state index contributed by atoms with van der Waals surface area (Å²) in [6.07, 6.45) is 1.50. The van der Waals surface area contributed by atoms with Gasteiger partial charge in [-0.15, -0.1) is 11.3 Å². The zero-order valence-electron chi connectivity index (χ0n) is 10.5. The van der Waals surface area contributed by atoms with Crippen LogP contribution in [-0.4, -0.2) is 53.8 Å². The summed E-state index contributed by atoms with van der Waals surface area (Å²) in [7, 11) is 0. The van der Waals surface area contributed by atoms with Gasteiger partial charge in [0, 0.05) is 26.1 Å². The van der Waals surface area contributed by atoms with E-state index in [2.05, 4.69) is 9.88 Å². The Balaban J connectivity index is 1.94. The van der Waals surface area contributed by atoms with Crippen molar-refractivity contribution in [1.82, 2.24) is 9.88 Å². The number of nitrogens with zero attached hydrogens (tertiary/aromatic N) is 2. The van der Waals surface area contributed by atoms with Crippen molar-refractivity contribution in [2.75, 3.05) is 32.8 Å². The van der Waals surface area contributed by atoms with E-state index in [0.717, 1.165) is 44.3 Å². The lowest BCUT2D eigenvalue weighted by Crippen LogP contribution is -2.37. The zero-order chi connectivity index (χ0) is 13.0. The molecule has 0 atom stereocenters. The molecular weight excluding hydrogens is 252 g/mol. The highest BCUT2D eigenvalue weighted by atomic mass is 32.1. The molecule has 1 aromatic heterocycles. The molecule has 5 nitrogen and oxygen atoms in total. The summed E-state index contributed by atoms with van der Waals surface area (Å²) in [5, 5.41) is 10.00. The quantitative estimate of drug-likeness (QED) is 0.873. The van der Waals surface area contributed by atoms with Gasteiger partial charge in [-0.1, -0.05) is 6.92 Å². The third kappa shape index (κ3) is 3.28. The van der Waals surface area contributed by atoms with Gasteiger partial charge in [0.05, 0.1) is 23.9 Å². The smallest absolute Gasteiger partial charge is 0.347 e. The maximum Gasteiger partial charge on any atom is 0.347 e. The van der Waals surface area contributed by atoms with Crippen LogP contribution in [0.5, 0.6) is 0 Å². The highest BCUT2D eigenvalue weighted by Gasteiger charge is 2.17. The van der Waals surface area contributed by atoms with Gasteiger partial charge >= 0.3 is 5.97 Å². The van der Waals surface area contributed by atoms with E-state index in [1.165, 1.54) is 11.3 Å². The second kappa shape index (κ2) is 6.26. The molecule has 1 aromatic rings. The van der Waals surface area contributed by atoms with Gasteiger partial charge < -0.3 is 9.84 Å². The first-order chi connectivity index (χ1) is 8.70. The van der Waals surface area contributed by atoms with Gasteiger partial charge in [-0.25, -0.2) is 9.78 Å². The molecule has 1 saturated heterocycles. The number of carbonyl (C=O) groups is 1. The Bertz CT molecular complexity index is 413. The summed E-state index contributed by atoms with van der Waals surface area (Å²) < 4.78 is 5.29. The summed E-state index contributed by atoms with van der Waals surface area (Å²) in [4.78, 5) is 18.2. The molecule has 18 heavy (non-hydrogen) atoms. The minimum Gasteiger partial charge on any atom is -0.477 e. The van der Waals surface area contributed by atoms with Gasteiger partial charge in [-0.05, 0) is 6.42 Å². The van der Waals surface area contributed by atoms with E-state index in [1.807, 2.05) is 6.92 Å². The first-order valence-electron chi connectivity index (χ1n) is 6.22. The largest absolute Gasteiger partial charge is 0.477 e. The zero-order valence-corrected chi connectivity index (χ0v) is 11.3. The van der Waals surface area contributed by atoms with Crippen LogP contribution in [0, 0.1) is 0 Å². The molecule has 0 unspecified atom stereocenters. The number of hydrogen-bond acceptors (Lipinski definition) is 5. The Kier molecular flexibility index (Phi) is 4.68. The number of hydrogen-bond donors (Lipinski definition) is 1. The fraction of sp³-hybridized carbons (Fsp3) is 0.667. The summed E-state index contributed by atoms with van der Waals surface area (Å²) in [5.74, 6) is -0.859. The molecule has 0 aromatic carbocycles. The van der Waals surface area contributed by atoms with Gasteiger partial charge in [0.25, 0.3) is 0 Å². The van der Waals surface area contributed by atoms with Crippen molar-refractivity contribution in [3.63, 3.8) is 0 Å². The minimum absolute atomic E-state index is 0.398. The van der Waals surface area contributed by atoms with Crippen LogP contribution in [0.1, 0.15) is 27.3 Å². The first kappa shape index (κ1) is 13.5. The molecule has 0 aliphatic carbocycles. The normalized spacial score (nSPS) is 16.9. The molecular formula is C12H18N2O3S. The van der Waals surface area contributed by atoms with Gasteiger partial charge in [0.2, 0.25) is 0 Å². The van der Waals surface area contributed by atoms with E-state index in [4.69, 9.17) is 9.84 Å².